The van der Waals surface area contributed by atoms with E-state index in [-0.39, 0.29) is 13.3 Å². The van der Waals surface area contributed by atoms with Crippen LogP contribution in [0.4, 0.5) is 8.78 Å². The standard InChI is InChI=1S/C11H11F2NO3/c1-14(11(15)10(12)13)5-7-2-3-8-9(4-7)17-6-16-8/h2-4,10H,5-6H2,1H3. The summed E-state index contributed by atoms with van der Waals surface area (Å²) < 4.78 is 34.6. The fraction of sp³-hybridized carbons (Fsp3) is 0.364. The minimum absolute atomic E-state index is 0.111. The Morgan fingerprint density at radius 2 is 2.12 bits per heavy atom. The molecule has 0 spiro atoms. The molecule has 0 N–H and O–H groups in total. The third-order valence-corrected chi connectivity index (χ3v) is 2.42. The van der Waals surface area contributed by atoms with Gasteiger partial charge in [0.25, 0.3) is 5.91 Å². The number of halogens is 2. The highest BCUT2D eigenvalue weighted by molar-refractivity contribution is 5.79. The maximum Gasteiger partial charge on any atom is 0.315 e. The van der Waals surface area contributed by atoms with Gasteiger partial charge in [-0.2, -0.15) is 8.78 Å². The van der Waals surface area contributed by atoms with Gasteiger partial charge in [-0.15, -0.1) is 0 Å². The minimum Gasteiger partial charge on any atom is -0.454 e. The molecule has 0 radical (unpaired) electrons. The predicted molar refractivity (Wildman–Crippen MR) is 55.0 cm³/mol. The number of amides is 1. The van der Waals surface area contributed by atoms with E-state index in [4.69, 9.17) is 9.47 Å². The topological polar surface area (TPSA) is 38.8 Å². The van der Waals surface area contributed by atoms with Gasteiger partial charge in [0, 0.05) is 13.6 Å². The number of carbonyl (C=O) groups excluding carboxylic acids is 1. The highest BCUT2D eigenvalue weighted by Gasteiger charge is 2.21. The van der Waals surface area contributed by atoms with E-state index >= 15 is 0 Å². The summed E-state index contributed by atoms with van der Waals surface area (Å²) in [6.07, 6.45) is -2.98. The molecule has 17 heavy (non-hydrogen) atoms. The third kappa shape index (κ3) is 2.46. The van der Waals surface area contributed by atoms with Crippen molar-refractivity contribution < 1.29 is 23.0 Å². The number of alkyl halides is 2. The Hall–Kier alpha value is -1.85. The van der Waals surface area contributed by atoms with Gasteiger partial charge in [-0.3, -0.25) is 4.79 Å². The summed E-state index contributed by atoms with van der Waals surface area (Å²) >= 11 is 0. The molecule has 1 amide bonds. The van der Waals surface area contributed by atoms with Crippen molar-refractivity contribution in [2.45, 2.75) is 13.0 Å². The molecule has 0 saturated carbocycles. The molecule has 0 aliphatic carbocycles. The first-order chi connectivity index (χ1) is 8.08. The SMILES string of the molecule is CN(Cc1ccc2c(c1)OCO2)C(=O)C(F)F. The zero-order chi connectivity index (χ0) is 12.4. The van der Waals surface area contributed by atoms with Crippen molar-refractivity contribution in [1.82, 2.24) is 4.90 Å². The Labute approximate surface area is 96.7 Å². The van der Waals surface area contributed by atoms with Crippen molar-refractivity contribution in [1.29, 1.82) is 0 Å². The molecule has 0 bridgehead atoms. The zero-order valence-electron chi connectivity index (χ0n) is 9.15. The number of benzene rings is 1. The van der Waals surface area contributed by atoms with E-state index in [1.54, 1.807) is 18.2 Å². The third-order valence-electron chi connectivity index (χ3n) is 2.42. The summed E-state index contributed by atoms with van der Waals surface area (Å²) in [7, 11) is 1.33. The Kier molecular flexibility index (Phi) is 3.12. The highest BCUT2D eigenvalue weighted by atomic mass is 19.3. The van der Waals surface area contributed by atoms with Crippen molar-refractivity contribution in [3.05, 3.63) is 23.8 Å². The molecule has 0 saturated heterocycles. The molecular weight excluding hydrogens is 232 g/mol. The molecule has 92 valence electrons. The first-order valence-electron chi connectivity index (χ1n) is 4.99. The molecule has 0 atom stereocenters. The lowest BCUT2D eigenvalue weighted by atomic mass is 10.2. The summed E-state index contributed by atoms with van der Waals surface area (Å²) in [4.78, 5) is 12.0. The van der Waals surface area contributed by atoms with Crippen LogP contribution < -0.4 is 9.47 Å². The summed E-state index contributed by atoms with van der Waals surface area (Å²) in [5.74, 6) is -0.000322. The first-order valence-corrected chi connectivity index (χ1v) is 4.99. The van der Waals surface area contributed by atoms with Gasteiger partial charge in [0.1, 0.15) is 0 Å². The van der Waals surface area contributed by atoms with Gasteiger partial charge in [0.2, 0.25) is 6.79 Å². The van der Waals surface area contributed by atoms with Crippen LogP contribution in [0.15, 0.2) is 18.2 Å². The first kappa shape index (κ1) is 11.6. The van der Waals surface area contributed by atoms with Crippen molar-refractivity contribution in [2.24, 2.45) is 0 Å². The van der Waals surface area contributed by atoms with Crippen molar-refractivity contribution in [3.63, 3.8) is 0 Å². The summed E-state index contributed by atoms with van der Waals surface area (Å²) in [5.41, 5.74) is 0.714. The van der Waals surface area contributed by atoms with Gasteiger partial charge in [0.15, 0.2) is 11.5 Å². The second-order valence-corrected chi connectivity index (χ2v) is 3.68. The van der Waals surface area contributed by atoms with Crippen LogP contribution in [0.1, 0.15) is 5.56 Å². The molecule has 1 aromatic rings. The van der Waals surface area contributed by atoms with Gasteiger partial charge < -0.3 is 14.4 Å². The van der Waals surface area contributed by atoms with E-state index in [1.165, 1.54) is 7.05 Å². The lowest BCUT2D eigenvalue weighted by Gasteiger charge is -2.16. The van der Waals surface area contributed by atoms with E-state index < -0.39 is 12.3 Å². The molecule has 0 aromatic heterocycles. The molecule has 0 fully saturated rings. The second kappa shape index (κ2) is 4.57. The number of rotatable bonds is 3. The van der Waals surface area contributed by atoms with Gasteiger partial charge >= 0.3 is 6.43 Å². The molecule has 1 heterocycles. The van der Waals surface area contributed by atoms with Crippen LogP contribution >= 0.6 is 0 Å². The molecule has 0 unspecified atom stereocenters. The number of carbonyl (C=O) groups is 1. The van der Waals surface area contributed by atoms with Crippen LogP contribution in [-0.2, 0) is 11.3 Å². The van der Waals surface area contributed by atoms with Gasteiger partial charge in [-0.25, -0.2) is 0 Å². The van der Waals surface area contributed by atoms with Crippen molar-refractivity contribution in [2.75, 3.05) is 13.8 Å². The fourth-order valence-electron chi connectivity index (χ4n) is 1.56. The number of hydrogen-bond donors (Lipinski definition) is 0. The normalized spacial score (nSPS) is 12.9. The zero-order valence-corrected chi connectivity index (χ0v) is 9.15. The number of fused-ring (bicyclic) bond motifs is 1. The Morgan fingerprint density at radius 1 is 1.41 bits per heavy atom. The Morgan fingerprint density at radius 3 is 2.82 bits per heavy atom. The number of ether oxygens (including phenoxy) is 2. The minimum atomic E-state index is -2.98. The fourth-order valence-corrected chi connectivity index (χ4v) is 1.56. The monoisotopic (exact) mass is 243 g/mol. The lowest BCUT2D eigenvalue weighted by Crippen LogP contribution is -2.31. The van der Waals surface area contributed by atoms with E-state index in [2.05, 4.69) is 0 Å². The van der Waals surface area contributed by atoms with Crippen LogP contribution in [0.25, 0.3) is 0 Å². The summed E-state index contributed by atoms with van der Waals surface area (Å²) in [6, 6.07) is 5.08. The van der Waals surface area contributed by atoms with Crippen LogP contribution in [0.5, 0.6) is 11.5 Å². The van der Waals surface area contributed by atoms with E-state index in [1.807, 2.05) is 0 Å². The molecule has 6 heteroatoms. The molecular formula is C11H11F2NO3. The summed E-state index contributed by atoms with van der Waals surface area (Å²) in [5, 5.41) is 0. The molecule has 4 nitrogen and oxygen atoms in total. The maximum absolute atomic E-state index is 12.2. The Balaban J connectivity index is 2.06. The van der Waals surface area contributed by atoms with Crippen LogP contribution in [-0.4, -0.2) is 31.1 Å². The molecule has 1 aliphatic rings. The largest absolute Gasteiger partial charge is 0.454 e. The lowest BCUT2D eigenvalue weighted by molar-refractivity contribution is -0.141. The van der Waals surface area contributed by atoms with Gasteiger partial charge in [0.05, 0.1) is 0 Å². The van der Waals surface area contributed by atoms with Crippen LogP contribution in [0.3, 0.4) is 0 Å². The number of nitrogens with zero attached hydrogens (tertiary/aromatic N) is 1. The van der Waals surface area contributed by atoms with Crippen LogP contribution in [0, 0.1) is 0 Å². The quantitative estimate of drug-likeness (QED) is 0.810. The summed E-state index contributed by atoms with van der Waals surface area (Å²) in [6.45, 7) is 0.268. The maximum atomic E-state index is 12.2. The molecule has 2 rings (SSSR count). The van der Waals surface area contributed by atoms with Gasteiger partial charge in [-0.05, 0) is 17.7 Å². The van der Waals surface area contributed by atoms with E-state index in [9.17, 15) is 13.6 Å². The molecule has 1 aromatic carbocycles. The van der Waals surface area contributed by atoms with Gasteiger partial charge in [-0.1, -0.05) is 6.07 Å². The van der Waals surface area contributed by atoms with E-state index in [0.29, 0.717) is 17.1 Å². The van der Waals surface area contributed by atoms with Crippen LogP contribution in [0.2, 0.25) is 0 Å². The van der Waals surface area contributed by atoms with Crippen molar-refractivity contribution >= 4 is 5.91 Å². The smallest absolute Gasteiger partial charge is 0.315 e. The molecule has 1 aliphatic heterocycles. The Bertz CT molecular complexity index is 437. The van der Waals surface area contributed by atoms with E-state index in [0.717, 1.165) is 4.90 Å². The predicted octanol–water partition coefficient (Wildman–Crippen LogP) is 1.64. The average molecular weight is 243 g/mol. The highest BCUT2D eigenvalue weighted by Crippen LogP contribution is 2.32. The average Bonchev–Trinajstić information content (AvgIpc) is 2.74. The second-order valence-electron chi connectivity index (χ2n) is 3.68. The number of hydrogen-bond acceptors (Lipinski definition) is 3. The van der Waals surface area contributed by atoms with Crippen molar-refractivity contribution in [3.8, 4) is 11.5 Å².